The van der Waals surface area contributed by atoms with E-state index in [2.05, 4.69) is 27.8 Å². The van der Waals surface area contributed by atoms with Gasteiger partial charge in [-0.05, 0) is 24.6 Å². The average molecular weight is 410 g/mol. The van der Waals surface area contributed by atoms with Gasteiger partial charge in [0.2, 0.25) is 0 Å². The van der Waals surface area contributed by atoms with Gasteiger partial charge in [0.25, 0.3) is 0 Å². The maximum atomic E-state index is 12.0. The topological polar surface area (TPSA) is 92.0 Å². The minimum Gasteiger partial charge on any atom is -0.494 e. The number of aliphatic imine (C=N–C) groups is 1. The number of thiophene rings is 1. The fourth-order valence-electron chi connectivity index (χ4n) is 3.42. The highest BCUT2D eigenvalue weighted by Crippen LogP contribution is 2.45. The average Bonchev–Trinajstić information content (AvgIpc) is 3.09. The number of hydrogen-bond acceptors (Lipinski definition) is 6. The van der Waals surface area contributed by atoms with Gasteiger partial charge >= 0.3 is 6.03 Å². The van der Waals surface area contributed by atoms with Gasteiger partial charge in [-0.15, -0.1) is 11.3 Å². The molecule has 1 unspecified atom stereocenters. The first-order chi connectivity index (χ1) is 14.0. The number of ether oxygens (including phenoxy) is 1. The van der Waals surface area contributed by atoms with E-state index in [0.717, 1.165) is 31.8 Å². The normalized spacial score (nSPS) is 15.3. The van der Waals surface area contributed by atoms with Crippen LogP contribution in [0.2, 0.25) is 0 Å². The second-order valence-electron chi connectivity index (χ2n) is 6.75. The second kappa shape index (κ2) is 7.73. The summed E-state index contributed by atoms with van der Waals surface area (Å²) in [5.41, 5.74) is 9.78. The number of nitrogens with one attached hydrogen (secondary N) is 2. The van der Waals surface area contributed by atoms with E-state index < -0.39 is 0 Å². The summed E-state index contributed by atoms with van der Waals surface area (Å²) in [6.45, 7) is 2.42. The van der Waals surface area contributed by atoms with Crippen LogP contribution in [0.25, 0.3) is 21.2 Å². The van der Waals surface area contributed by atoms with Crippen molar-refractivity contribution < 1.29 is 9.53 Å². The van der Waals surface area contributed by atoms with Gasteiger partial charge < -0.3 is 26.0 Å². The summed E-state index contributed by atoms with van der Waals surface area (Å²) in [4.78, 5) is 19.5. The van der Waals surface area contributed by atoms with Gasteiger partial charge in [-0.2, -0.15) is 0 Å². The van der Waals surface area contributed by atoms with E-state index in [0.29, 0.717) is 18.0 Å². The maximum absolute atomic E-state index is 12.0. The van der Waals surface area contributed by atoms with Crippen molar-refractivity contribution in [2.75, 3.05) is 26.0 Å². The van der Waals surface area contributed by atoms with Crippen LogP contribution in [0.5, 0.6) is 5.75 Å². The van der Waals surface area contributed by atoms with Crippen LogP contribution < -0.4 is 21.1 Å². The van der Waals surface area contributed by atoms with Gasteiger partial charge in [0.15, 0.2) is 0 Å². The van der Waals surface area contributed by atoms with E-state index in [9.17, 15) is 4.79 Å². The number of carbonyl (C=O) groups excluding carboxylic acids is 1. The summed E-state index contributed by atoms with van der Waals surface area (Å²) in [7, 11) is 3.53. The van der Waals surface area contributed by atoms with E-state index in [1.165, 1.54) is 0 Å². The fraction of sp³-hybridized carbons (Fsp3) is 0.238. The van der Waals surface area contributed by atoms with Crippen molar-refractivity contribution in [3.8, 4) is 16.9 Å². The molecule has 4 N–H and O–H groups in total. The van der Waals surface area contributed by atoms with Crippen LogP contribution in [-0.4, -0.2) is 38.0 Å². The molecular weight excluding hydrogens is 386 g/mol. The van der Waals surface area contributed by atoms with Crippen molar-refractivity contribution in [3.63, 3.8) is 0 Å². The Bertz CT molecular complexity index is 1110. The molecule has 0 radical (unpaired) electrons. The van der Waals surface area contributed by atoms with Crippen LogP contribution in [0.4, 0.5) is 16.2 Å². The molecule has 8 heteroatoms. The summed E-state index contributed by atoms with van der Waals surface area (Å²) in [6.07, 6.45) is 1.58. The van der Waals surface area contributed by atoms with E-state index in [1.54, 1.807) is 24.8 Å². The molecule has 0 aliphatic carbocycles. The molecule has 1 atom stereocenters. The number of amides is 2. The van der Waals surface area contributed by atoms with Crippen LogP contribution in [0.1, 0.15) is 18.0 Å². The van der Waals surface area contributed by atoms with Gasteiger partial charge in [0.1, 0.15) is 11.9 Å². The van der Waals surface area contributed by atoms with Gasteiger partial charge in [0.05, 0.1) is 29.7 Å². The van der Waals surface area contributed by atoms with Gasteiger partial charge in [-0.3, -0.25) is 0 Å². The maximum Gasteiger partial charge on any atom is 0.319 e. The van der Waals surface area contributed by atoms with Crippen molar-refractivity contribution >= 4 is 45.2 Å². The largest absolute Gasteiger partial charge is 0.494 e. The highest BCUT2D eigenvalue weighted by atomic mass is 32.1. The van der Waals surface area contributed by atoms with Gasteiger partial charge in [-0.25, -0.2) is 9.79 Å². The quantitative estimate of drug-likeness (QED) is 0.600. The van der Waals surface area contributed by atoms with Crippen molar-refractivity contribution in [1.82, 2.24) is 10.2 Å². The van der Waals surface area contributed by atoms with Crippen LogP contribution in [0, 0.1) is 0 Å². The van der Waals surface area contributed by atoms with Gasteiger partial charge in [-0.1, -0.05) is 24.3 Å². The molecule has 0 fully saturated rings. The highest BCUT2D eigenvalue weighted by molar-refractivity contribution is 7.19. The SMILES string of the molecule is CCNC(=O)Nc1cccc(-c2ccc3c4c(sc3c2)C(N)N(C)C=N4)c1OC. The van der Waals surface area contributed by atoms with Crippen molar-refractivity contribution in [3.05, 3.63) is 41.3 Å². The molecule has 0 bridgehead atoms. The monoisotopic (exact) mass is 409 g/mol. The number of benzene rings is 2. The lowest BCUT2D eigenvalue weighted by atomic mass is 10.0. The molecule has 2 heterocycles. The zero-order valence-electron chi connectivity index (χ0n) is 16.5. The van der Waals surface area contributed by atoms with Crippen molar-refractivity contribution in [1.29, 1.82) is 0 Å². The van der Waals surface area contributed by atoms with Crippen LogP contribution >= 0.6 is 11.3 Å². The Morgan fingerprint density at radius 2 is 2.17 bits per heavy atom. The van der Waals surface area contributed by atoms with Crippen LogP contribution in [-0.2, 0) is 0 Å². The Morgan fingerprint density at radius 3 is 2.93 bits per heavy atom. The molecule has 29 heavy (non-hydrogen) atoms. The molecule has 1 aliphatic heterocycles. The summed E-state index contributed by atoms with van der Waals surface area (Å²) in [5, 5.41) is 6.66. The third-order valence-electron chi connectivity index (χ3n) is 4.88. The molecule has 0 spiro atoms. The van der Waals surface area contributed by atoms with E-state index >= 15 is 0 Å². The first-order valence-electron chi connectivity index (χ1n) is 9.33. The number of rotatable bonds is 4. The molecule has 7 nitrogen and oxygen atoms in total. The number of nitrogens with zero attached hydrogens (tertiary/aromatic N) is 2. The number of carbonyl (C=O) groups is 1. The number of nitrogens with two attached hydrogens (primary N) is 1. The standard InChI is InChI=1S/C21H23N5O2S/c1-4-23-21(27)25-15-7-5-6-13(18(15)28-3)12-8-9-14-16(10-12)29-19-17(14)24-11-26(2)20(19)22/h5-11,20H,4,22H2,1-3H3,(H2,23,25,27). The Hall–Kier alpha value is -3.10. The molecule has 4 rings (SSSR count). The number of hydrogen-bond donors (Lipinski definition) is 3. The first-order valence-corrected chi connectivity index (χ1v) is 10.2. The first kappa shape index (κ1) is 19.2. The predicted molar refractivity (Wildman–Crippen MR) is 119 cm³/mol. The molecule has 2 amide bonds. The lowest BCUT2D eigenvalue weighted by Crippen LogP contribution is -2.31. The third-order valence-corrected chi connectivity index (χ3v) is 6.09. The molecule has 1 aliphatic rings. The van der Waals surface area contributed by atoms with Crippen LogP contribution in [0.15, 0.2) is 41.4 Å². The molecule has 0 saturated heterocycles. The molecule has 150 valence electrons. The predicted octanol–water partition coefficient (Wildman–Crippen LogP) is 4.28. The van der Waals surface area contributed by atoms with E-state index in [1.807, 2.05) is 43.1 Å². The summed E-state index contributed by atoms with van der Waals surface area (Å²) in [5.74, 6) is 0.619. The number of para-hydroxylation sites is 1. The minimum absolute atomic E-state index is 0.192. The van der Waals surface area contributed by atoms with Crippen LogP contribution in [0.3, 0.4) is 0 Å². The summed E-state index contributed by atoms with van der Waals surface area (Å²) < 4.78 is 6.76. The zero-order valence-corrected chi connectivity index (χ0v) is 17.3. The lowest BCUT2D eigenvalue weighted by molar-refractivity contribution is 0.252. The lowest BCUT2D eigenvalue weighted by Gasteiger charge is -2.24. The Morgan fingerprint density at radius 1 is 1.34 bits per heavy atom. The molecule has 0 saturated carbocycles. The number of fused-ring (bicyclic) bond motifs is 3. The molecule has 3 aromatic rings. The Labute approximate surface area is 173 Å². The number of anilines is 1. The molecular formula is C21H23N5O2S. The number of methoxy groups -OCH3 is 1. The van der Waals surface area contributed by atoms with Crippen molar-refractivity contribution in [2.24, 2.45) is 10.7 Å². The second-order valence-corrected chi connectivity index (χ2v) is 7.84. The smallest absolute Gasteiger partial charge is 0.319 e. The molecule has 2 aromatic carbocycles. The fourth-order valence-corrected chi connectivity index (χ4v) is 4.66. The minimum atomic E-state index is -0.264. The number of urea groups is 1. The third kappa shape index (κ3) is 3.41. The summed E-state index contributed by atoms with van der Waals surface area (Å²) in [6, 6.07) is 11.7. The Kier molecular flexibility index (Phi) is 5.12. The van der Waals surface area contributed by atoms with E-state index in [4.69, 9.17) is 10.5 Å². The highest BCUT2D eigenvalue weighted by Gasteiger charge is 2.23. The van der Waals surface area contributed by atoms with E-state index in [-0.39, 0.29) is 12.2 Å². The molecule has 1 aromatic heterocycles. The van der Waals surface area contributed by atoms with Gasteiger partial charge in [0, 0.05) is 29.2 Å². The van der Waals surface area contributed by atoms with Crippen molar-refractivity contribution in [2.45, 2.75) is 13.1 Å². The Balaban J connectivity index is 1.77. The summed E-state index contributed by atoms with van der Waals surface area (Å²) >= 11 is 1.65. The zero-order chi connectivity index (χ0) is 20.5.